The molecule has 1 fully saturated rings. The number of likely N-dealkylation sites (tertiary alicyclic amines) is 1. The van der Waals surface area contributed by atoms with Crippen molar-refractivity contribution in [1.29, 1.82) is 0 Å². The molecule has 1 aromatic rings. The van der Waals surface area contributed by atoms with Crippen LogP contribution >= 0.6 is 0 Å². The van der Waals surface area contributed by atoms with Gasteiger partial charge in [-0.15, -0.1) is 0 Å². The molecule has 134 valence electrons. The van der Waals surface area contributed by atoms with Crippen LogP contribution in [0.5, 0.6) is 0 Å². The molecule has 0 bridgehead atoms. The van der Waals surface area contributed by atoms with Crippen LogP contribution in [-0.4, -0.2) is 41.1 Å². The van der Waals surface area contributed by atoms with E-state index >= 15 is 0 Å². The van der Waals surface area contributed by atoms with Gasteiger partial charge >= 0.3 is 0 Å². The van der Waals surface area contributed by atoms with Crippen molar-refractivity contribution in [3.05, 3.63) is 35.6 Å². The first-order chi connectivity index (χ1) is 11.5. The van der Waals surface area contributed by atoms with Crippen LogP contribution in [0.3, 0.4) is 0 Å². The van der Waals surface area contributed by atoms with E-state index in [9.17, 15) is 14.3 Å². The van der Waals surface area contributed by atoms with E-state index in [2.05, 4.69) is 5.32 Å². The van der Waals surface area contributed by atoms with Gasteiger partial charge in [0.2, 0.25) is 5.91 Å². The summed E-state index contributed by atoms with van der Waals surface area (Å²) in [5.41, 5.74) is 0.669. The molecule has 1 aliphatic rings. The average molecular weight is 336 g/mol. The summed E-state index contributed by atoms with van der Waals surface area (Å²) < 4.78 is 13.0. The second-order valence-corrected chi connectivity index (χ2v) is 6.85. The molecular formula is C19H29FN2O2. The Labute approximate surface area is 144 Å². The van der Waals surface area contributed by atoms with Crippen molar-refractivity contribution in [1.82, 2.24) is 10.2 Å². The SMILES string of the molecule is CC(CC(=O)N1CCCCCC1)NC(C)C(O)c1ccc(F)cc1. The molecule has 1 saturated heterocycles. The lowest BCUT2D eigenvalue weighted by Crippen LogP contribution is -2.42. The van der Waals surface area contributed by atoms with E-state index < -0.39 is 6.10 Å². The minimum absolute atomic E-state index is 0.0224. The van der Waals surface area contributed by atoms with Crippen LogP contribution in [-0.2, 0) is 4.79 Å². The first kappa shape index (κ1) is 18.9. The lowest BCUT2D eigenvalue weighted by molar-refractivity contribution is -0.131. The van der Waals surface area contributed by atoms with E-state index in [1.54, 1.807) is 12.1 Å². The van der Waals surface area contributed by atoms with E-state index in [4.69, 9.17) is 0 Å². The quantitative estimate of drug-likeness (QED) is 0.840. The molecule has 0 aliphatic carbocycles. The van der Waals surface area contributed by atoms with Crippen LogP contribution in [0.15, 0.2) is 24.3 Å². The normalized spacial score (nSPS) is 19.4. The maximum absolute atomic E-state index is 13.0. The number of rotatable bonds is 6. The number of amides is 1. The highest BCUT2D eigenvalue weighted by Crippen LogP contribution is 2.18. The third kappa shape index (κ3) is 5.56. The topological polar surface area (TPSA) is 52.6 Å². The summed E-state index contributed by atoms with van der Waals surface area (Å²) in [6.07, 6.45) is 4.29. The van der Waals surface area contributed by atoms with E-state index in [1.807, 2.05) is 18.7 Å². The van der Waals surface area contributed by atoms with Gasteiger partial charge in [-0.3, -0.25) is 4.79 Å². The van der Waals surface area contributed by atoms with Gasteiger partial charge in [0.25, 0.3) is 0 Å². The Morgan fingerprint density at radius 1 is 1.17 bits per heavy atom. The molecule has 24 heavy (non-hydrogen) atoms. The lowest BCUT2D eigenvalue weighted by Gasteiger charge is -2.27. The van der Waals surface area contributed by atoms with Crippen molar-refractivity contribution in [2.24, 2.45) is 0 Å². The van der Waals surface area contributed by atoms with E-state index in [-0.39, 0.29) is 23.8 Å². The summed E-state index contributed by atoms with van der Waals surface area (Å²) >= 11 is 0. The molecule has 0 radical (unpaired) electrons. The molecule has 3 unspecified atom stereocenters. The van der Waals surface area contributed by atoms with Gasteiger partial charge in [0.05, 0.1) is 6.10 Å². The molecule has 3 atom stereocenters. The third-order valence-electron chi connectivity index (χ3n) is 4.67. The van der Waals surface area contributed by atoms with Crippen molar-refractivity contribution < 1.29 is 14.3 Å². The zero-order valence-electron chi connectivity index (χ0n) is 14.7. The summed E-state index contributed by atoms with van der Waals surface area (Å²) in [6, 6.07) is 5.62. The van der Waals surface area contributed by atoms with Gasteiger partial charge in [-0.05, 0) is 44.4 Å². The van der Waals surface area contributed by atoms with Crippen LogP contribution in [0.2, 0.25) is 0 Å². The molecule has 2 N–H and O–H groups in total. The Hall–Kier alpha value is -1.46. The molecule has 0 saturated carbocycles. The van der Waals surface area contributed by atoms with Gasteiger partial charge in [-0.25, -0.2) is 4.39 Å². The van der Waals surface area contributed by atoms with Crippen LogP contribution in [0.4, 0.5) is 4.39 Å². The summed E-state index contributed by atoms with van der Waals surface area (Å²) in [4.78, 5) is 14.4. The van der Waals surface area contributed by atoms with Crippen LogP contribution in [0.1, 0.15) is 57.6 Å². The first-order valence-corrected chi connectivity index (χ1v) is 8.94. The Balaban J connectivity index is 1.82. The number of nitrogens with one attached hydrogen (secondary N) is 1. The van der Waals surface area contributed by atoms with E-state index in [0.29, 0.717) is 12.0 Å². The number of halogens is 1. The smallest absolute Gasteiger partial charge is 0.224 e. The summed E-state index contributed by atoms with van der Waals surface area (Å²) in [5.74, 6) is -0.136. The Kier molecular flexibility index (Phi) is 7.18. The molecular weight excluding hydrogens is 307 g/mol. The number of carbonyl (C=O) groups excluding carboxylic acids is 1. The van der Waals surface area contributed by atoms with Crippen molar-refractivity contribution >= 4 is 5.91 Å². The number of benzene rings is 1. The maximum atomic E-state index is 13.0. The Bertz CT molecular complexity index is 513. The van der Waals surface area contributed by atoms with Crippen molar-refractivity contribution in [2.45, 2.75) is 64.1 Å². The average Bonchev–Trinajstić information content (AvgIpc) is 2.84. The molecule has 5 heteroatoms. The summed E-state index contributed by atoms with van der Waals surface area (Å²) in [5, 5.41) is 13.7. The Morgan fingerprint density at radius 2 is 1.75 bits per heavy atom. The number of nitrogens with zero attached hydrogens (tertiary/aromatic N) is 1. The van der Waals surface area contributed by atoms with Crippen LogP contribution in [0, 0.1) is 5.82 Å². The highest BCUT2D eigenvalue weighted by atomic mass is 19.1. The second-order valence-electron chi connectivity index (χ2n) is 6.85. The molecule has 1 aliphatic heterocycles. The fourth-order valence-corrected chi connectivity index (χ4v) is 3.26. The molecule has 1 amide bonds. The van der Waals surface area contributed by atoms with Gasteiger partial charge in [0.15, 0.2) is 0 Å². The molecule has 4 nitrogen and oxygen atoms in total. The molecule has 0 aromatic heterocycles. The van der Waals surface area contributed by atoms with E-state index in [0.717, 1.165) is 25.9 Å². The standard InChI is InChI=1S/C19H29FN2O2/c1-14(13-18(23)22-11-5-3-4-6-12-22)21-15(2)19(24)16-7-9-17(20)10-8-16/h7-10,14-15,19,21,24H,3-6,11-13H2,1-2H3. The number of hydrogen-bond donors (Lipinski definition) is 2. The lowest BCUT2D eigenvalue weighted by atomic mass is 10.0. The largest absolute Gasteiger partial charge is 0.387 e. The second kappa shape index (κ2) is 9.14. The fourth-order valence-electron chi connectivity index (χ4n) is 3.26. The van der Waals surface area contributed by atoms with E-state index in [1.165, 1.54) is 25.0 Å². The number of hydrogen-bond acceptors (Lipinski definition) is 3. The number of aliphatic hydroxyl groups is 1. The first-order valence-electron chi connectivity index (χ1n) is 8.94. The highest BCUT2D eigenvalue weighted by Gasteiger charge is 2.22. The maximum Gasteiger partial charge on any atom is 0.224 e. The predicted octanol–water partition coefficient (Wildman–Crippen LogP) is 3.02. The zero-order valence-corrected chi connectivity index (χ0v) is 14.7. The third-order valence-corrected chi connectivity index (χ3v) is 4.67. The zero-order chi connectivity index (χ0) is 17.5. The number of aliphatic hydroxyl groups excluding tert-OH is 1. The van der Waals surface area contributed by atoms with Crippen molar-refractivity contribution in [3.63, 3.8) is 0 Å². The van der Waals surface area contributed by atoms with Crippen molar-refractivity contribution in [2.75, 3.05) is 13.1 Å². The highest BCUT2D eigenvalue weighted by molar-refractivity contribution is 5.76. The Morgan fingerprint density at radius 3 is 2.33 bits per heavy atom. The number of carbonyl (C=O) groups is 1. The van der Waals surface area contributed by atoms with Gasteiger partial charge in [0, 0.05) is 31.6 Å². The molecule has 0 spiro atoms. The van der Waals surface area contributed by atoms with Gasteiger partial charge < -0.3 is 15.3 Å². The van der Waals surface area contributed by atoms with Gasteiger partial charge in [0.1, 0.15) is 5.82 Å². The fraction of sp³-hybridized carbons (Fsp3) is 0.632. The monoisotopic (exact) mass is 336 g/mol. The minimum atomic E-state index is -0.735. The van der Waals surface area contributed by atoms with Gasteiger partial charge in [-0.2, -0.15) is 0 Å². The van der Waals surface area contributed by atoms with Crippen LogP contribution in [0.25, 0.3) is 0 Å². The minimum Gasteiger partial charge on any atom is -0.387 e. The van der Waals surface area contributed by atoms with Crippen molar-refractivity contribution in [3.8, 4) is 0 Å². The van der Waals surface area contributed by atoms with Gasteiger partial charge in [-0.1, -0.05) is 25.0 Å². The summed E-state index contributed by atoms with van der Waals surface area (Å²) in [6.45, 7) is 5.56. The molecule has 1 aromatic carbocycles. The predicted molar refractivity (Wildman–Crippen MR) is 93.1 cm³/mol. The molecule has 1 heterocycles. The van der Waals surface area contributed by atoms with Crippen LogP contribution < -0.4 is 5.32 Å². The molecule has 2 rings (SSSR count). The summed E-state index contributed by atoms with van der Waals surface area (Å²) in [7, 11) is 0.